The molecule has 0 saturated carbocycles. The zero-order valence-corrected chi connectivity index (χ0v) is 18.2. The van der Waals surface area contributed by atoms with Crippen LogP contribution in [0.2, 0.25) is 0 Å². The Morgan fingerprint density at radius 2 is 1.77 bits per heavy atom. The van der Waals surface area contributed by atoms with E-state index in [0.717, 1.165) is 29.6 Å². The maximum Gasteiger partial charge on any atom is 0.290 e. The van der Waals surface area contributed by atoms with E-state index in [2.05, 4.69) is 17.0 Å². The van der Waals surface area contributed by atoms with Crippen molar-refractivity contribution >= 4 is 22.6 Å². The van der Waals surface area contributed by atoms with Crippen LogP contribution in [0.3, 0.4) is 0 Å². The largest absolute Gasteiger partial charge is 0.487 e. The number of anilines is 1. The van der Waals surface area contributed by atoms with Gasteiger partial charge in [0.1, 0.15) is 16.9 Å². The molecule has 1 amide bonds. The predicted molar refractivity (Wildman–Crippen MR) is 120 cm³/mol. The first-order valence-electron chi connectivity index (χ1n) is 10.9. The van der Waals surface area contributed by atoms with Gasteiger partial charge in [-0.15, -0.1) is 0 Å². The summed E-state index contributed by atoms with van der Waals surface area (Å²) in [5.74, 6) is 0.922. The molecule has 1 atom stereocenters. The average molecular weight is 421 g/mol. The SMILES string of the molecule is Cc1c(C(=O)N2CCN(c3ccccc3)CC2)oc2ccc3c(c12)C(O)CC(C)(C)O3. The van der Waals surface area contributed by atoms with Gasteiger partial charge >= 0.3 is 0 Å². The molecule has 1 saturated heterocycles. The van der Waals surface area contributed by atoms with E-state index in [1.807, 2.05) is 56.0 Å². The van der Waals surface area contributed by atoms with Gasteiger partial charge in [0.05, 0.1) is 6.10 Å². The summed E-state index contributed by atoms with van der Waals surface area (Å²) in [6, 6.07) is 13.9. The number of para-hydroxylation sites is 1. The van der Waals surface area contributed by atoms with Crippen molar-refractivity contribution in [2.75, 3.05) is 31.1 Å². The van der Waals surface area contributed by atoms with E-state index in [-0.39, 0.29) is 5.91 Å². The average Bonchev–Trinajstić information content (AvgIpc) is 3.09. The first-order valence-corrected chi connectivity index (χ1v) is 10.9. The third-order valence-electron chi connectivity index (χ3n) is 6.38. The molecule has 2 aromatic carbocycles. The third-order valence-corrected chi connectivity index (χ3v) is 6.38. The van der Waals surface area contributed by atoms with Gasteiger partial charge in [-0.1, -0.05) is 18.2 Å². The molecule has 31 heavy (non-hydrogen) atoms. The van der Waals surface area contributed by atoms with Crippen LogP contribution >= 0.6 is 0 Å². The lowest BCUT2D eigenvalue weighted by Gasteiger charge is -2.36. The highest BCUT2D eigenvalue weighted by Crippen LogP contribution is 2.45. The molecule has 1 unspecified atom stereocenters. The van der Waals surface area contributed by atoms with E-state index in [4.69, 9.17) is 9.15 Å². The molecule has 6 heteroatoms. The zero-order chi connectivity index (χ0) is 21.8. The first-order chi connectivity index (χ1) is 14.8. The van der Waals surface area contributed by atoms with Crippen molar-refractivity contribution in [2.45, 2.75) is 38.9 Å². The molecule has 0 bridgehead atoms. The lowest BCUT2D eigenvalue weighted by atomic mass is 9.89. The van der Waals surface area contributed by atoms with Crippen LogP contribution in [0.15, 0.2) is 46.9 Å². The minimum absolute atomic E-state index is 0.0956. The van der Waals surface area contributed by atoms with Crippen molar-refractivity contribution in [2.24, 2.45) is 0 Å². The lowest BCUT2D eigenvalue weighted by Crippen LogP contribution is -2.48. The Morgan fingerprint density at radius 3 is 2.48 bits per heavy atom. The van der Waals surface area contributed by atoms with Crippen molar-refractivity contribution < 1.29 is 19.1 Å². The van der Waals surface area contributed by atoms with E-state index < -0.39 is 11.7 Å². The van der Waals surface area contributed by atoms with Gasteiger partial charge in [-0.05, 0) is 45.0 Å². The summed E-state index contributed by atoms with van der Waals surface area (Å²) in [5, 5.41) is 11.6. The van der Waals surface area contributed by atoms with E-state index in [0.29, 0.717) is 36.6 Å². The number of furan rings is 1. The van der Waals surface area contributed by atoms with Crippen LogP contribution in [0.25, 0.3) is 11.0 Å². The summed E-state index contributed by atoms with van der Waals surface area (Å²) >= 11 is 0. The van der Waals surface area contributed by atoms with Crippen LogP contribution in [0.1, 0.15) is 48.1 Å². The number of rotatable bonds is 2. The molecule has 162 valence electrons. The first kappa shape index (κ1) is 19.9. The Hall–Kier alpha value is -2.99. The molecule has 2 aliphatic rings. The molecule has 1 aromatic heterocycles. The molecule has 1 N–H and O–H groups in total. The van der Waals surface area contributed by atoms with Crippen molar-refractivity contribution in [3.63, 3.8) is 0 Å². The summed E-state index contributed by atoms with van der Waals surface area (Å²) in [7, 11) is 0. The minimum atomic E-state index is -0.656. The Labute approximate surface area is 182 Å². The van der Waals surface area contributed by atoms with E-state index in [9.17, 15) is 9.90 Å². The van der Waals surface area contributed by atoms with Gasteiger partial charge in [-0.3, -0.25) is 4.79 Å². The molecule has 6 nitrogen and oxygen atoms in total. The van der Waals surface area contributed by atoms with Crippen LogP contribution < -0.4 is 9.64 Å². The number of carbonyl (C=O) groups is 1. The summed E-state index contributed by atoms with van der Waals surface area (Å²) in [6.45, 7) is 8.68. The molecule has 3 aromatic rings. The molecule has 0 aliphatic carbocycles. The predicted octanol–water partition coefficient (Wildman–Crippen LogP) is 4.30. The number of ether oxygens (including phenoxy) is 1. The molecular formula is C25H28N2O4. The maximum atomic E-state index is 13.3. The van der Waals surface area contributed by atoms with Gasteiger partial charge in [-0.25, -0.2) is 0 Å². The molecule has 3 heterocycles. The Bertz CT molecular complexity index is 1130. The summed E-state index contributed by atoms with van der Waals surface area (Å²) in [5.41, 5.74) is 2.85. The fourth-order valence-electron chi connectivity index (χ4n) is 4.83. The highest BCUT2D eigenvalue weighted by molar-refractivity contribution is 6.00. The van der Waals surface area contributed by atoms with Crippen molar-refractivity contribution in [1.29, 1.82) is 0 Å². The Balaban J connectivity index is 1.42. The van der Waals surface area contributed by atoms with Gasteiger partial charge in [0.25, 0.3) is 5.91 Å². The standard InChI is InChI=1S/C25H28N2O4/c1-16-21-19(9-10-20-22(21)18(28)15-25(2,3)31-20)30-23(16)24(29)27-13-11-26(12-14-27)17-7-5-4-6-8-17/h4-10,18,28H,11-15H2,1-3H3. The molecule has 0 radical (unpaired) electrons. The lowest BCUT2D eigenvalue weighted by molar-refractivity contribution is 0.0126. The van der Waals surface area contributed by atoms with Crippen LogP contribution in [0, 0.1) is 6.92 Å². The second-order valence-corrected chi connectivity index (χ2v) is 9.10. The van der Waals surface area contributed by atoms with Crippen molar-refractivity contribution in [3.05, 3.63) is 59.4 Å². The molecule has 0 spiro atoms. The second kappa shape index (κ2) is 7.31. The number of fused-ring (bicyclic) bond motifs is 3. The van der Waals surface area contributed by atoms with Gasteiger partial charge in [-0.2, -0.15) is 0 Å². The fraction of sp³-hybridized carbons (Fsp3) is 0.400. The van der Waals surface area contributed by atoms with Gasteiger partial charge in [0.2, 0.25) is 0 Å². The molecule has 2 aliphatic heterocycles. The number of aliphatic hydroxyl groups is 1. The smallest absolute Gasteiger partial charge is 0.290 e. The third kappa shape index (κ3) is 3.45. The molecule has 1 fully saturated rings. The molecule has 5 rings (SSSR count). The Kier molecular flexibility index (Phi) is 4.70. The number of aryl methyl sites for hydroxylation is 1. The highest BCUT2D eigenvalue weighted by Gasteiger charge is 2.36. The number of piperazine rings is 1. The Morgan fingerprint density at radius 1 is 1.06 bits per heavy atom. The van der Waals surface area contributed by atoms with E-state index in [1.165, 1.54) is 5.69 Å². The monoisotopic (exact) mass is 420 g/mol. The second-order valence-electron chi connectivity index (χ2n) is 9.10. The number of hydrogen-bond acceptors (Lipinski definition) is 5. The summed E-state index contributed by atoms with van der Waals surface area (Å²) < 4.78 is 12.1. The van der Waals surface area contributed by atoms with Crippen molar-refractivity contribution in [1.82, 2.24) is 4.90 Å². The quantitative estimate of drug-likeness (QED) is 0.670. The van der Waals surface area contributed by atoms with E-state index in [1.54, 1.807) is 0 Å². The van der Waals surface area contributed by atoms with Gasteiger partial charge in [0, 0.05) is 54.8 Å². The van der Waals surface area contributed by atoms with Crippen LogP contribution in [0.4, 0.5) is 5.69 Å². The fourth-order valence-corrected chi connectivity index (χ4v) is 4.83. The number of benzene rings is 2. The number of aliphatic hydroxyl groups excluding tert-OH is 1. The summed E-state index contributed by atoms with van der Waals surface area (Å²) in [4.78, 5) is 17.5. The zero-order valence-electron chi connectivity index (χ0n) is 18.2. The van der Waals surface area contributed by atoms with Gasteiger partial charge in [0.15, 0.2) is 5.76 Å². The highest BCUT2D eigenvalue weighted by atomic mass is 16.5. The van der Waals surface area contributed by atoms with Crippen LogP contribution in [-0.4, -0.2) is 47.7 Å². The van der Waals surface area contributed by atoms with E-state index >= 15 is 0 Å². The van der Waals surface area contributed by atoms with Crippen LogP contribution in [-0.2, 0) is 0 Å². The normalized spacial score (nSPS) is 20.5. The maximum absolute atomic E-state index is 13.3. The van der Waals surface area contributed by atoms with Gasteiger partial charge < -0.3 is 24.1 Å². The minimum Gasteiger partial charge on any atom is -0.487 e. The van der Waals surface area contributed by atoms with Crippen LogP contribution in [0.5, 0.6) is 5.75 Å². The topological polar surface area (TPSA) is 66.2 Å². The number of carbonyl (C=O) groups excluding carboxylic acids is 1. The van der Waals surface area contributed by atoms with Crippen molar-refractivity contribution in [3.8, 4) is 5.75 Å². The molecular weight excluding hydrogens is 392 g/mol. The number of amides is 1. The number of nitrogens with zero attached hydrogens (tertiary/aromatic N) is 2. The summed E-state index contributed by atoms with van der Waals surface area (Å²) in [6.07, 6.45) is -0.162. The number of hydrogen-bond donors (Lipinski definition) is 1.